The van der Waals surface area contributed by atoms with E-state index in [1.54, 1.807) is 0 Å². The van der Waals surface area contributed by atoms with Gasteiger partial charge in [-0.2, -0.15) is 0 Å². The predicted molar refractivity (Wildman–Crippen MR) is 257 cm³/mol. The molecule has 0 aliphatic heterocycles. The number of fused-ring (bicyclic) bond motifs is 8. The Kier molecular flexibility index (Phi) is 7.92. The minimum absolute atomic E-state index is 0.162. The van der Waals surface area contributed by atoms with E-state index in [0.717, 1.165) is 33.5 Å². The molecule has 0 saturated carbocycles. The number of aromatic nitrogens is 2. The van der Waals surface area contributed by atoms with Crippen LogP contribution in [-0.4, -0.2) is 9.97 Å². The Morgan fingerprint density at radius 1 is 0.328 bits per heavy atom. The van der Waals surface area contributed by atoms with Crippen LogP contribution in [0.5, 0.6) is 0 Å². The van der Waals surface area contributed by atoms with Gasteiger partial charge in [0, 0.05) is 22.1 Å². The van der Waals surface area contributed by atoms with Gasteiger partial charge in [0.25, 0.3) is 0 Å². The first-order chi connectivity index (χ1) is 30.0. The summed E-state index contributed by atoms with van der Waals surface area (Å²) in [6.45, 7) is 4.79. The van der Waals surface area contributed by atoms with Gasteiger partial charge in [-0.05, 0) is 99.7 Å². The molecule has 1 aromatic heterocycles. The van der Waals surface area contributed by atoms with Crippen molar-refractivity contribution >= 4 is 43.1 Å². The van der Waals surface area contributed by atoms with Gasteiger partial charge in [-0.1, -0.05) is 208 Å². The molecule has 1 aliphatic rings. The predicted octanol–water partition coefficient (Wildman–Crippen LogP) is 15.7. The lowest BCUT2D eigenvalue weighted by atomic mass is 9.78. The van der Waals surface area contributed by atoms with Gasteiger partial charge < -0.3 is 0 Å². The third-order valence-corrected chi connectivity index (χ3v) is 13.1. The standard InChI is InChI=1S/C59H40N2/c1-59(2)53-35-30-38-17-7-9-22-41(38)56(53)52-29-15-28-50(57(52)59)48-32-31-46(42-23-10-11-24-43(42)48)47-33-34-51(45-26-13-12-25-44(45)47)58-60-54(39-18-4-3-5-19-39)36-55(61-58)49-27-14-20-37-16-6-8-21-40(37)49/h3-36H,1-2H3. The van der Waals surface area contributed by atoms with Crippen molar-refractivity contribution in [1.82, 2.24) is 9.97 Å². The van der Waals surface area contributed by atoms with Crippen molar-refractivity contribution in [3.8, 4) is 67.3 Å². The molecule has 2 nitrogen and oxygen atoms in total. The molecule has 2 heteroatoms. The van der Waals surface area contributed by atoms with Crippen molar-refractivity contribution in [3.63, 3.8) is 0 Å². The first kappa shape index (κ1) is 35.3. The van der Waals surface area contributed by atoms with Gasteiger partial charge in [0.15, 0.2) is 5.82 Å². The van der Waals surface area contributed by atoms with Gasteiger partial charge in [-0.3, -0.25) is 0 Å². The van der Waals surface area contributed by atoms with E-state index in [-0.39, 0.29) is 5.41 Å². The third kappa shape index (κ3) is 5.49. The molecule has 0 spiro atoms. The fourth-order valence-electron chi connectivity index (χ4n) is 10.3. The average molecular weight is 777 g/mol. The van der Waals surface area contributed by atoms with Crippen molar-refractivity contribution in [2.45, 2.75) is 19.3 Å². The smallest absolute Gasteiger partial charge is 0.161 e. The molecule has 61 heavy (non-hydrogen) atoms. The highest BCUT2D eigenvalue weighted by Crippen LogP contribution is 2.55. The molecular weight excluding hydrogens is 737 g/mol. The summed E-state index contributed by atoms with van der Waals surface area (Å²) in [7, 11) is 0. The number of benzene rings is 10. The summed E-state index contributed by atoms with van der Waals surface area (Å²) in [5.74, 6) is 0.710. The molecule has 0 N–H and O–H groups in total. The second kappa shape index (κ2) is 13.7. The van der Waals surface area contributed by atoms with E-state index in [1.807, 2.05) is 6.07 Å². The summed E-state index contributed by atoms with van der Waals surface area (Å²) >= 11 is 0. The van der Waals surface area contributed by atoms with E-state index in [0.29, 0.717) is 5.82 Å². The first-order valence-electron chi connectivity index (χ1n) is 21.2. The van der Waals surface area contributed by atoms with E-state index in [4.69, 9.17) is 9.97 Å². The molecule has 1 aliphatic carbocycles. The van der Waals surface area contributed by atoms with Crippen molar-refractivity contribution in [1.29, 1.82) is 0 Å². The third-order valence-electron chi connectivity index (χ3n) is 13.1. The Labute approximate surface area is 355 Å². The maximum Gasteiger partial charge on any atom is 0.161 e. The van der Waals surface area contributed by atoms with Crippen LogP contribution in [0.2, 0.25) is 0 Å². The number of hydrogen-bond donors (Lipinski definition) is 0. The maximum absolute atomic E-state index is 5.36. The summed E-state index contributed by atoms with van der Waals surface area (Å²) in [6.07, 6.45) is 0. The molecule has 0 unspecified atom stereocenters. The van der Waals surface area contributed by atoms with E-state index in [9.17, 15) is 0 Å². The normalized spacial score (nSPS) is 12.9. The Hall–Kier alpha value is -7.68. The molecule has 0 amide bonds. The Bertz CT molecular complexity index is 3560. The van der Waals surface area contributed by atoms with Crippen LogP contribution < -0.4 is 0 Å². The lowest BCUT2D eigenvalue weighted by Gasteiger charge is -2.25. The molecule has 0 bridgehead atoms. The lowest BCUT2D eigenvalue weighted by Crippen LogP contribution is -2.16. The molecule has 11 aromatic rings. The molecule has 0 radical (unpaired) electrons. The van der Waals surface area contributed by atoms with Crippen LogP contribution in [0.15, 0.2) is 206 Å². The summed E-state index contributed by atoms with van der Waals surface area (Å²) < 4.78 is 0. The van der Waals surface area contributed by atoms with Crippen LogP contribution in [0, 0.1) is 0 Å². The summed E-state index contributed by atoms with van der Waals surface area (Å²) in [4.78, 5) is 10.6. The van der Waals surface area contributed by atoms with Gasteiger partial charge in [0.05, 0.1) is 11.4 Å². The second-order valence-electron chi connectivity index (χ2n) is 16.8. The minimum Gasteiger partial charge on any atom is -0.228 e. The fourth-order valence-corrected chi connectivity index (χ4v) is 10.3. The molecule has 286 valence electrons. The highest BCUT2D eigenvalue weighted by Gasteiger charge is 2.38. The zero-order chi connectivity index (χ0) is 40.7. The largest absolute Gasteiger partial charge is 0.228 e. The summed E-state index contributed by atoms with van der Waals surface area (Å²) in [5, 5.41) is 9.73. The zero-order valence-corrected chi connectivity index (χ0v) is 34.0. The molecular formula is C59H40N2. The van der Waals surface area contributed by atoms with Crippen molar-refractivity contribution < 1.29 is 0 Å². The van der Waals surface area contributed by atoms with E-state index in [2.05, 4.69) is 214 Å². The fraction of sp³-hybridized carbons (Fsp3) is 0.0508. The zero-order valence-electron chi connectivity index (χ0n) is 34.0. The van der Waals surface area contributed by atoms with Gasteiger partial charge in [-0.25, -0.2) is 9.97 Å². The van der Waals surface area contributed by atoms with Gasteiger partial charge in [0.2, 0.25) is 0 Å². The highest BCUT2D eigenvalue weighted by atomic mass is 14.9. The number of nitrogens with zero attached hydrogens (tertiary/aromatic N) is 2. The van der Waals surface area contributed by atoms with Crippen LogP contribution >= 0.6 is 0 Å². The molecule has 0 saturated heterocycles. The molecule has 12 rings (SSSR count). The average Bonchev–Trinajstić information content (AvgIpc) is 3.57. The van der Waals surface area contributed by atoms with E-state index >= 15 is 0 Å². The highest BCUT2D eigenvalue weighted by molar-refractivity contribution is 6.13. The molecule has 0 fully saturated rings. The van der Waals surface area contributed by atoms with Gasteiger partial charge >= 0.3 is 0 Å². The quantitative estimate of drug-likeness (QED) is 0.174. The van der Waals surface area contributed by atoms with Gasteiger partial charge in [0.1, 0.15) is 0 Å². The number of hydrogen-bond acceptors (Lipinski definition) is 2. The van der Waals surface area contributed by atoms with E-state index < -0.39 is 0 Å². The van der Waals surface area contributed by atoms with Crippen LogP contribution in [0.25, 0.3) is 110 Å². The molecule has 10 aromatic carbocycles. The lowest BCUT2D eigenvalue weighted by molar-refractivity contribution is 0.662. The Morgan fingerprint density at radius 3 is 1.49 bits per heavy atom. The van der Waals surface area contributed by atoms with Gasteiger partial charge in [-0.15, -0.1) is 0 Å². The topological polar surface area (TPSA) is 25.8 Å². The SMILES string of the molecule is CC1(C)c2ccc3ccccc3c2-c2cccc(-c3ccc(-c4ccc(-c5nc(-c6ccccc6)cc(-c6cccc7ccccc67)n5)c5ccccc45)c4ccccc34)c21. The van der Waals surface area contributed by atoms with Crippen LogP contribution in [0.3, 0.4) is 0 Å². The van der Waals surface area contributed by atoms with E-state index in [1.165, 1.54) is 82.2 Å². The monoisotopic (exact) mass is 776 g/mol. The van der Waals surface area contributed by atoms with Crippen LogP contribution in [-0.2, 0) is 5.41 Å². The summed E-state index contributed by atoms with van der Waals surface area (Å²) in [5.41, 5.74) is 15.3. The van der Waals surface area contributed by atoms with Crippen molar-refractivity contribution in [2.75, 3.05) is 0 Å². The van der Waals surface area contributed by atoms with Crippen LogP contribution in [0.4, 0.5) is 0 Å². The van der Waals surface area contributed by atoms with Crippen molar-refractivity contribution in [3.05, 3.63) is 217 Å². The minimum atomic E-state index is -0.162. The first-order valence-corrected chi connectivity index (χ1v) is 21.2. The second-order valence-corrected chi connectivity index (χ2v) is 16.8. The number of rotatable bonds is 5. The Morgan fingerprint density at radius 2 is 0.803 bits per heavy atom. The molecule has 0 atom stereocenters. The van der Waals surface area contributed by atoms with Crippen molar-refractivity contribution in [2.24, 2.45) is 0 Å². The maximum atomic E-state index is 5.36. The summed E-state index contributed by atoms with van der Waals surface area (Å²) in [6, 6.07) is 74.8. The van der Waals surface area contributed by atoms with Crippen LogP contribution in [0.1, 0.15) is 25.0 Å². The molecule has 1 heterocycles. The Balaban J connectivity index is 1.03.